The number of rotatable bonds is 3. The topological polar surface area (TPSA) is 63.7 Å². The standard InChI is InChI=1S/C14H15NO4/c1-3-19-14(18)10-11(9-7-5-4-6-8-9)15(2)13(17)12(10)16/h4-8,10-11H,3H2,1-2H3/t10-,11+/m0/s1. The lowest BCUT2D eigenvalue weighted by Gasteiger charge is -2.22. The predicted molar refractivity (Wildman–Crippen MR) is 67.1 cm³/mol. The molecule has 0 saturated carbocycles. The van der Waals surface area contributed by atoms with Crippen molar-refractivity contribution in [3.63, 3.8) is 0 Å². The maximum absolute atomic E-state index is 11.9. The van der Waals surface area contributed by atoms with Crippen LogP contribution in [0.3, 0.4) is 0 Å². The van der Waals surface area contributed by atoms with Gasteiger partial charge in [-0.05, 0) is 12.5 Å². The van der Waals surface area contributed by atoms with Gasteiger partial charge in [-0.15, -0.1) is 0 Å². The Hall–Kier alpha value is -2.17. The highest BCUT2D eigenvalue weighted by Crippen LogP contribution is 2.35. The maximum Gasteiger partial charge on any atom is 0.319 e. The molecular formula is C14H15NO4. The molecule has 19 heavy (non-hydrogen) atoms. The quantitative estimate of drug-likeness (QED) is 0.461. The molecule has 0 unspecified atom stereocenters. The first-order valence-electron chi connectivity index (χ1n) is 6.10. The third-order valence-corrected chi connectivity index (χ3v) is 3.23. The third kappa shape index (κ3) is 2.23. The average Bonchev–Trinajstić information content (AvgIpc) is 2.64. The molecule has 100 valence electrons. The molecule has 5 heteroatoms. The zero-order valence-electron chi connectivity index (χ0n) is 10.8. The molecule has 0 N–H and O–H groups in total. The number of hydrogen-bond donors (Lipinski definition) is 0. The Morgan fingerprint density at radius 3 is 2.47 bits per heavy atom. The van der Waals surface area contributed by atoms with Gasteiger partial charge in [-0.1, -0.05) is 30.3 Å². The van der Waals surface area contributed by atoms with Gasteiger partial charge in [-0.3, -0.25) is 14.4 Å². The number of amides is 1. The van der Waals surface area contributed by atoms with E-state index in [1.54, 1.807) is 31.2 Å². The summed E-state index contributed by atoms with van der Waals surface area (Å²) >= 11 is 0. The fraction of sp³-hybridized carbons (Fsp3) is 0.357. The number of ether oxygens (including phenoxy) is 1. The van der Waals surface area contributed by atoms with E-state index >= 15 is 0 Å². The van der Waals surface area contributed by atoms with Crippen molar-refractivity contribution in [3.8, 4) is 0 Å². The summed E-state index contributed by atoms with van der Waals surface area (Å²) in [7, 11) is 1.52. The molecule has 2 rings (SSSR count). The highest BCUT2D eigenvalue weighted by molar-refractivity contribution is 6.42. The van der Waals surface area contributed by atoms with Gasteiger partial charge in [0, 0.05) is 7.05 Å². The van der Waals surface area contributed by atoms with Crippen molar-refractivity contribution in [2.24, 2.45) is 5.92 Å². The summed E-state index contributed by atoms with van der Waals surface area (Å²) in [4.78, 5) is 36.9. The Kier molecular flexibility index (Phi) is 3.64. The molecular weight excluding hydrogens is 246 g/mol. The van der Waals surface area contributed by atoms with Crippen LogP contribution in [0.5, 0.6) is 0 Å². The van der Waals surface area contributed by atoms with Crippen LogP contribution >= 0.6 is 0 Å². The second kappa shape index (κ2) is 5.22. The van der Waals surface area contributed by atoms with Gasteiger partial charge in [0.05, 0.1) is 12.6 Å². The maximum atomic E-state index is 11.9. The van der Waals surface area contributed by atoms with E-state index in [9.17, 15) is 14.4 Å². The van der Waals surface area contributed by atoms with Crippen LogP contribution in [0.25, 0.3) is 0 Å². The van der Waals surface area contributed by atoms with Crippen molar-refractivity contribution in [2.45, 2.75) is 13.0 Å². The molecule has 1 fully saturated rings. The fourth-order valence-corrected chi connectivity index (χ4v) is 2.33. The fourth-order valence-electron chi connectivity index (χ4n) is 2.33. The molecule has 1 aliphatic heterocycles. The molecule has 0 radical (unpaired) electrons. The number of esters is 1. The Bertz CT molecular complexity index is 511. The molecule has 0 bridgehead atoms. The van der Waals surface area contributed by atoms with Crippen molar-refractivity contribution >= 4 is 17.7 Å². The lowest BCUT2D eigenvalue weighted by Crippen LogP contribution is -2.28. The van der Waals surface area contributed by atoms with Gasteiger partial charge >= 0.3 is 5.97 Å². The molecule has 5 nitrogen and oxygen atoms in total. The number of likely N-dealkylation sites (tertiary alicyclic amines) is 1. The minimum Gasteiger partial charge on any atom is -0.465 e. The van der Waals surface area contributed by atoms with Crippen molar-refractivity contribution in [2.75, 3.05) is 13.7 Å². The first kappa shape index (κ1) is 13.3. The van der Waals surface area contributed by atoms with Crippen molar-refractivity contribution in [3.05, 3.63) is 35.9 Å². The highest BCUT2D eigenvalue weighted by atomic mass is 16.5. The molecule has 1 saturated heterocycles. The number of likely N-dealkylation sites (N-methyl/N-ethyl adjacent to an activating group) is 1. The summed E-state index contributed by atoms with van der Waals surface area (Å²) in [6.07, 6.45) is 0. The van der Waals surface area contributed by atoms with Gasteiger partial charge < -0.3 is 9.64 Å². The van der Waals surface area contributed by atoms with Gasteiger partial charge in [-0.2, -0.15) is 0 Å². The molecule has 1 amide bonds. The zero-order chi connectivity index (χ0) is 14.0. The molecule has 0 aromatic heterocycles. The number of nitrogens with zero attached hydrogens (tertiary/aromatic N) is 1. The summed E-state index contributed by atoms with van der Waals surface area (Å²) in [6.45, 7) is 1.85. The summed E-state index contributed by atoms with van der Waals surface area (Å²) in [5, 5.41) is 0. The molecule has 1 aromatic rings. The molecule has 1 aromatic carbocycles. The second-order valence-electron chi connectivity index (χ2n) is 4.37. The summed E-state index contributed by atoms with van der Waals surface area (Å²) in [5.41, 5.74) is 0.752. The van der Waals surface area contributed by atoms with Crippen LogP contribution in [0.4, 0.5) is 0 Å². The van der Waals surface area contributed by atoms with E-state index in [4.69, 9.17) is 4.74 Å². The van der Waals surface area contributed by atoms with Crippen LogP contribution in [-0.2, 0) is 19.1 Å². The smallest absolute Gasteiger partial charge is 0.319 e. The summed E-state index contributed by atoms with van der Waals surface area (Å²) < 4.78 is 4.91. The van der Waals surface area contributed by atoms with Crippen LogP contribution in [0.1, 0.15) is 18.5 Å². The van der Waals surface area contributed by atoms with Crippen molar-refractivity contribution in [1.29, 1.82) is 0 Å². The van der Waals surface area contributed by atoms with Crippen LogP contribution < -0.4 is 0 Å². The molecule has 0 spiro atoms. The van der Waals surface area contributed by atoms with Gasteiger partial charge in [0.25, 0.3) is 5.91 Å². The Balaban J connectivity index is 2.40. The number of carbonyl (C=O) groups excluding carboxylic acids is 3. The SMILES string of the molecule is CCOC(=O)[C@@H]1C(=O)C(=O)N(C)[C@@H]1c1ccccc1. The Morgan fingerprint density at radius 1 is 1.26 bits per heavy atom. The average molecular weight is 261 g/mol. The number of carbonyl (C=O) groups is 3. The van der Waals surface area contributed by atoms with E-state index in [0.29, 0.717) is 0 Å². The van der Waals surface area contributed by atoms with Gasteiger partial charge in [-0.25, -0.2) is 0 Å². The lowest BCUT2D eigenvalue weighted by atomic mass is 9.93. The number of ketones is 1. The Morgan fingerprint density at radius 2 is 1.89 bits per heavy atom. The predicted octanol–water partition coefficient (Wildman–Crippen LogP) is 0.948. The van der Waals surface area contributed by atoms with E-state index in [0.717, 1.165) is 5.56 Å². The molecule has 1 heterocycles. The van der Waals surface area contributed by atoms with E-state index < -0.39 is 29.6 Å². The van der Waals surface area contributed by atoms with Crippen LogP contribution in [0.15, 0.2) is 30.3 Å². The first-order chi connectivity index (χ1) is 9.07. The van der Waals surface area contributed by atoms with Crippen LogP contribution in [-0.4, -0.2) is 36.2 Å². The molecule has 2 atom stereocenters. The normalized spacial score (nSPS) is 22.7. The van der Waals surface area contributed by atoms with Crippen LogP contribution in [0.2, 0.25) is 0 Å². The second-order valence-corrected chi connectivity index (χ2v) is 4.37. The minimum absolute atomic E-state index is 0.183. The van der Waals surface area contributed by atoms with Gasteiger partial charge in [0.2, 0.25) is 5.78 Å². The molecule has 0 aliphatic carbocycles. The number of hydrogen-bond acceptors (Lipinski definition) is 4. The first-order valence-corrected chi connectivity index (χ1v) is 6.10. The van der Waals surface area contributed by atoms with E-state index in [-0.39, 0.29) is 6.61 Å². The van der Waals surface area contributed by atoms with E-state index in [1.807, 2.05) is 6.07 Å². The molecule has 1 aliphatic rings. The number of benzene rings is 1. The van der Waals surface area contributed by atoms with Crippen LogP contribution in [0, 0.1) is 5.92 Å². The minimum atomic E-state index is -1.07. The van der Waals surface area contributed by atoms with Crippen molar-refractivity contribution in [1.82, 2.24) is 4.90 Å². The number of Topliss-reactive ketones (excluding diaryl/α,β-unsaturated/α-hetero) is 1. The van der Waals surface area contributed by atoms with E-state index in [2.05, 4.69) is 0 Å². The summed E-state index contributed by atoms with van der Waals surface area (Å²) in [6, 6.07) is 8.44. The largest absolute Gasteiger partial charge is 0.465 e. The highest BCUT2D eigenvalue weighted by Gasteiger charge is 2.50. The monoisotopic (exact) mass is 261 g/mol. The third-order valence-electron chi connectivity index (χ3n) is 3.23. The zero-order valence-corrected chi connectivity index (χ0v) is 10.8. The Labute approximate surface area is 111 Å². The van der Waals surface area contributed by atoms with E-state index in [1.165, 1.54) is 11.9 Å². The lowest BCUT2D eigenvalue weighted by molar-refractivity contribution is -0.152. The van der Waals surface area contributed by atoms with Gasteiger partial charge in [0.15, 0.2) is 0 Å². The van der Waals surface area contributed by atoms with Gasteiger partial charge in [0.1, 0.15) is 5.92 Å². The summed E-state index contributed by atoms with van der Waals surface area (Å²) in [5.74, 6) is -3.05. The van der Waals surface area contributed by atoms with Crippen molar-refractivity contribution < 1.29 is 19.1 Å².